The molecule has 0 unspecified atom stereocenters. The van der Waals surface area contributed by atoms with Crippen molar-refractivity contribution in [2.24, 2.45) is 5.92 Å². The molecule has 0 spiro atoms. The van der Waals surface area contributed by atoms with Crippen molar-refractivity contribution < 1.29 is 0 Å². The van der Waals surface area contributed by atoms with Crippen molar-refractivity contribution in [2.45, 2.75) is 20.3 Å². The van der Waals surface area contributed by atoms with E-state index in [0.29, 0.717) is 0 Å². The molecule has 1 saturated heterocycles. The average molecular weight is 213 g/mol. The third-order valence-corrected chi connectivity index (χ3v) is 2.98. The van der Waals surface area contributed by atoms with Gasteiger partial charge in [-0.05, 0) is 39.0 Å². The first-order valence-corrected chi connectivity index (χ1v) is 6.30. The normalized spacial score (nSPS) is 20.0. The molecule has 1 N–H and O–H groups in total. The van der Waals surface area contributed by atoms with E-state index >= 15 is 0 Å². The first-order chi connectivity index (χ1) is 7.18. The van der Waals surface area contributed by atoms with Crippen molar-refractivity contribution in [1.82, 2.24) is 15.1 Å². The molecule has 15 heavy (non-hydrogen) atoms. The van der Waals surface area contributed by atoms with Crippen LogP contribution in [-0.4, -0.2) is 62.7 Å². The Morgan fingerprint density at radius 1 is 1.13 bits per heavy atom. The largest absolute Gasteiger partial charge is 0.316 e. The molecule has 0 aromatic heterocycles. The molecular weight excluding hydrogens is 186 g/mol. The Bertz CT molecular complexity index is 151. The van der Waals surface area contributed by atoms with Gasteiger partial charge in [0, 0.05) is 26.2 Å². The molecule has 1 aliphatic rings. The molecule has 0 bridgehead atoms. The Morgan fingerprint density at radius 2 is 1.80 bits per heavy atom. The van der Waals surface area contributed by atoms with Gasteiger partial charge in [0.2, 0.25) is 0 Å². The van der Waals surface area contributed by atoms with Gasteiger partial charge in [0.1, 0.15) is 0 Å². The maximum absolute atomic E-state index is 3.50. The lowest BCUT2D eigenvalue weighted by atomic mass is 10.2. The highest BCUT2D eigenvalue weighted by atomic mass is 15.2. The van der Waals surface area contributed by atoms with E-state index in [0.717, 1.165) is 12.5 Å². The molecule has 0 aliphatic carbocycles. The van der Waals surface area contributed by atoms with Crippen LogP contribution in [0.25, 0.3) is 0 Å². The van der Waals surface area contributed by atoms with E-state index in [1.807, 2.05) is 0 Å². The van der Waals surface area contributed by atoms with Gasteiger partial charge in [0.15, 0.2) is 0 Å². The summed E-state index contributed by atoms with van der Waals surface area (Å²) < 4.78 is 0. The summed E-state index contributed by atoms with van der Waals surface area (Å²) in [6, 6.07) is 0. The maximum Gasteiger partial charge on any atom is 0.0110 e. The van der Waals surface area contributed by atoms with Gasteiger partial charge in [-0.3, -0.25) is 0 Å². The topological polar surface area (TPSA) is 18.5 Å². The van der Waals surface area contributed by atoms with Crippen molar-refractivity contribution >= 4 is 0 Å². The second-order valence-electron chi connectivity index (χ2n) is 5.10. The summed E-state index contributed by atoms with van der Waals surface area (Å²) in [6.07, 6.45) is 1.29. The molecule has 0 radical (unpaired) electrons. The van der Waals surface area contributed by atoms with E-state index in [-0.39, 0.29) is 0 Å². The van der Waals surface area contributed by atoms with Crippen LogP contribution in [0.5, 0.6) is 0 Å². The number of piperazine rings is 1. The molecule has 3 heteroatoms. The van der Waals surface area contributed by atoms with Crippen LogP contribution in [0.15, 0.2) is 0 Å². The van der Waals surface area contributed by atoms with Crippen molar-refractivity contribution in [3.05, 3.63) is 0 Å². The maximum atomic E-state index is 3.50. The Hall–Kier alpha value is -0.120. The van der Waals surface area contributed by atoms with Crippen LogP contribution in [-0.2, 0) is 0 Å². The molecule has 0 aromatic rings. The van der Waals surface area contributed by atoms with Gasteiger partial charge < -0.3 is 15.1 Å². The summed E-state index contributed by atoms with van der Waals surface area (Å²) in [6.45, 7) is 13.1. The molecule has 3 nitrogen and oxygen atoms in total. The van der Waals surface area contributed by atoms with Crippen molar-refractivity contribution in [2.75, 3.05) is 52.9 Å². The zero-order valence-electron chi connectivity index (χ0n) is 10.6. The van der Waals surface area contributed by atoms with Gasteiger partial charge >= 0.3 is 0 Å². The number of hydrogen-bond donors (Lipinski definition) is 1. The number of likely N-dealkylation sites (N-methyl/N-ethyl adjacent to an activating group) is 1. The van der Waals surface area contributed by atoms with Gasteiger partial charge in [0.25, 0.3) is 0 Å². The van der Waals surface area contributed by atoms with Crippen LogP contribution in [0.3, 0.4) is 0 Å². The average Bonchev–Trinajstić information content (AvgIpc) is 2.20. The molecule has 0 saturated carbocycles. The molecule has 1 fully saturated rings. The fourth-order valence-corrected chi connectivity index (χ4v) is 1.89. The highest BCUT2D eigenvalue weighted by molar-refractivity contribution is 4.69. The fourth-order valence-electron chi connectivity index (χ4n) is 1.89. The van der Waals surface area contributed by atoms with Crippen LogP contribution in [0.4, 0.5) is 0 Å². The third kappa shape index (κ3) is 6.13. The number of rotatable bonds is 6. The lowest BCUT2D eigenvalue weighted by molar-refractivity contribution is 0.152. The smallest absolute Gasteiger partial charge is 0.0110 e. The first kappa shape index (κ1) is 12.9. The van der Waals surface area contributed by atoms with Gasteiger partial charge in [-0.25, -0.2) is 0 Å². The first-order valence-electron chi connectivity index (χ1n) is 6.30. The highest BCUT2D eigenvalue weighted by Gasteiger charge is 2.12. The zero-order chi connectivity index (χ0) is 11.1. The number of nitrogens with one attached hydrogen (secondary N) is 1. The number of hydrogen-bond acceptors (Lipinski definition) is 3. The molecule has 0 amide bonds. The summed E-state index contributed by atoms with van der Waals surface area (Å²) in [4.78, 5) is 4.99. The van der Waals surface area contributed by atoms with E-state index in [1.54, 1.807) is 0 Å². The fraction of sp³-hybridized carbons (Fsp3) is 1.00. The van der Waals surface area contributed by atoms with E-state index in [4.69, 9.17) is 0 Å². The van der Waals surface area contributed by atoms with Gasteiger partial charge in [-0.2, -0.15) is 0 Å². The van der Waals surface area contributed by atoms with Crippen LogP contribution >= 0.6 is 0 Å². The molecule has 1 aliphatic heterocycles. The van der Waals surface area contributed by atoms with Crippen LogP contribution < -0.4 is 5.32 Å². The quantitative estimate of drug-likeness (QED) is 0.661. The minimum absolute atomic E-state index is 0.772. The van der Waals surface area contributed by atoms with Crippen molar-refractivity contribution in [3.63, 3.8) is 0 Å². The molecule has 0 atom stereocenters. The zero-order valence-corrected chi connectivity index (χ0v) is 10.6. The minimum Gasteiger partial charge on any atom is -0.316 e. The lowest BCUT2D eigenvalue weighted by Crippen LogP contribution is -2.45. The Kier molecular flexibility index (Phi) is 6.22. The molecule has 0 aromatic carbocycles. The monoisotopic (exact) mass is 213 g/mol. The van der Waals surface area contributed by atoms with E-state index < -0.39 is 0 Å². The van der Waals surface area contributed by atoms with E-state index in [1.165, 1.54) is 45.7 Å². The predicted octanol–water partition coefficient (Wildman–Crippen LogP) is 0.870. The Balaban J connectivity index is 1.91. The standard InChI is InChI=1S/C12H27N3/c1-12(2)11-13-5-4-6-15-9-7-14(3)8-10-15/h12-13H,4-11H2,1-3H3. The van der Waals surface area contributed by atoms with Crippen LogP contribution in [0.2, 0.25) is 0 Å². The second kappa shape index (κ2) is 7.20. The minimum atomic E-state index is 0.772. The van der Waals surface area contributed by atoms with Crippen molar-refractivity contribution in [3.8, 4) is 0 Å². The van der Waals surface area contributed by atoms with Gasteiger partial charge in [-0.1, -0.05) is 13.8 Å². The summed E-state index contributed by atoms with van der Waals surface area (Å²) in [7, 11) is 2.21. The van der Waals surface area contributed by atoms with E-state index in [9.17, 15) is 0 Å². The molecular formula is C12H27N3. The number of nitrogens with zero attached hydrogens (tertiary/aromatic N) is 2. The van der Waals surface area contributed by atoms with Crippen LogP contribution in [0.1, 0.15) is 20.3 Å². The summed E-state index contributed by atoms with van der Waals surface area (Å²) in [5.41, 5.74) is 0. The summed E-state index contributed by atoms with van der Waals surface area (Å²) >= 11 is 0. The SMILES string of the molecule is CC(C)CNCCCN1CCN(C)CC1. The Labute approximate surface area is 94.8 Å². The molecule has 1 rings (SSSR count). The second-order valence-corrected chi connectivity index (χ2v) is 5.10. The van der Waals surface area contributed by atoms with E-state index in [2.05, 4.69) is 36.0 Å². The van der Waals surface area contributed by atoms with Gasteiger partial charge in [-0.15, -0.1) is 0 Å². The highest BCUT2D eigenvalue weighted by Crippen LogP contribution is 1.99. The Morgan fingerprint density at radius 3 is 2.40 bits per heavy atom. The summed E-state index contributed by atoms with van der Waals surface area (Å²) in [5, 5.41) is 3.50. The van der Waals surface area contributed by atoms with Crippen molar-refractivity contribution in [1.29, 1.82) is 0 Å². The van der Waals surface area contributed by atoms with Gasteiger partial charge in [0.05, 0.1) is 0 Å². The lowest BCUT2D eigenvalue weighted by Gasteiger charge is -2.32. The predicted molar refractivity (Wildman–Crippen MR) is 66.3 cm³/mol. The molecule has 1 heterocycles. The molecule has 90 valence electrons. The summed E-state index contributed by atoms with van der Waals surface area (Å²) in [5.74, 6) is 0.772. The van der Waals surface area contributed by atoms with Crippen LogP contribution in [0, 0.1) is 5.92 Å². The third-order valence-electron chi connectivity index (χ3n) is 2.98.